The monoisotopic (exact) mass is 346 g/mol. The van der Waals surface area contributed by atoms with Crippen LogP contribution in [0.5, 0.6) is 5.75 Å². The third-order valence-electron chi connectivity index (χ3n) is 4.50. The molecule has 6 heteroatoms. The molecule has 3 N–H and O–H groups in total. The summed E-state index contributed by atoms with van der Waals surface area (Å²) in [6.45, 7) is 1.59. The first-order valence-corrected chi connectivity index (χ1v) is 8.20. The molecule has 0 bridgehead atoms. The largest absolute Gasteiger partial charge is 0.486 e. The van der Waals surface area contributed by atoms with Gasteiger partial charge >= 0.3 is 0 Å². The topological polar surface area (TPSA) is 64.3 Å². The van der Waals surface area contributed by atoms with Crippen LogP contribution in [0.4, 0.5) is 8.78 Å². The van der Waals surface area contributed by atoms with Crippen LogP contribution in [0, 0.1) is 11.6 Å². The highest BCUT2D eigenvalue weighted by Gasteiger charge is 2.29. The Bertz CT molecular complexity index is 795. The lowest BCUT2D eigenvalue weighted by Crippen LogP contribution is -2.40. The van der Waals surface area contributed by atoms with E-state index in [0.717, 1.165) is 5.56 Å². The molecule has 0 aliphatic heterocycles. The van der Waals surface area contributed by atoms with Gasteiger partial charge in [-0.05, 0) is 37.5 Å². The van der Waals surface area contributed by atoms with Gasteiger partial charge < -0.3 is 10.5 Å². The lowest BCUT2D eigenvalue weighted by molar-refractivity contribution is -0.119. The molecule has 0 unspecified atom stereocenters. The highest BCUT2D eigenvalue weighted by molar-refractivity contribution is 5.79. The molecule has 0 saturated carbocycles. The fourth-order valence-electron chi connectivity index (χ4n) is 3.08. The van der Waals surface area contributed by atoms with Gasteiger partial charge in [0.05, 0.1) is 6.04 Å². The van der Waals surface area contributed by atoms with Crippen molar-refractivity contribution in [2.45, 2.75) is 38.5 Å². The summed E-state index contributed by atoms with van der Waals surface area (Å²) >= 11 is 0. The van der Waals surface area contributed by atoms with E-state index in [2.05, 4.69) is 5.32 Å². The molecule has 0 heterocycles. The number of rotatable bonds is 6. The lowest BCUT2D eigenvalue weighted by atomic mass is 10.1. The summed E-state index contributed by atoms with van der Waals surface area (Å²) in [4.78, 5) is 11.2. The minimum Gasteiger partial charge on any atom is -0.486 e. The Balaban J connectivity index is 1.79. The van der Waals surface area contributed by atoms with E-state index in [0.29, 0.717) is 24.0 Å². The predicted octanol–water partition coefficient (Wildman–Crippen LogP) is 2.99. The fraction of sp³-hybridized carbons (Fsp3) is 0.316. The fourth-order valence-corrected chi connectivity index (χ4v) is 3.08. The number of amides is 1. The Morgan fingerprint density at radius 2 is 2.08 bits per heavy atom. The van der Waals surface area contributed by atoms with E-state index in [-0.39, 0.29) is 24.2 Å². The van der Waals surface area contributed by atoms with Gasteiger partial charge in [0.2, 0.25) is 5.91 Å². The van der Waals surface area contributed by atoms with Gasteiger partial charge in [-0.15, -0.1) is 0 Å². The first kappa shape index (κ1) is 17.4. The molecule has 2 aromatic carbocycles. The maximum atomic E-state index is 14.9. The molecule has 3 rings (SSSR count). The maximum Gasteiger partial charge on any atom is 0.234 e. The van der Waals surface area contributed by atoms with Crippen LogP contribution in [0.2, 0.25) is 0 Å². The van der Waals surface area contributed by atoms with Crippen LogP contribution >= 0.6 is 0 Å². The van der Waals surface area contributed by atoms with Crippen LogP contribution < -0.4 is 15.8 Å². The van der Waals surface area contributed by atoms with E-state index in [1.54, 1.807) is 31.2 Å². The number of carbonyl (C=O) groups is 1. The Morgan fingerprint density at radius 3 is 2.80 bits per heavy atom. The van der Waals surface area contributed by atoms with E-state index in [1.807, 2.05) is 6.07 Å². The number of hydrogen-bond acceptors (Lipinski definition) is 3. The number of carbonyl (C=O) groups excluding carboxylic acids is 1. The summed E-state index contributed by atoms with van der Waals surface area (Å²) in [5.74, 6) is -1.28. The van der Waals surface area contributed by atoms with Gasteiger partial charge in [0.1, 0.15) is 12.4 Å². The van der Waals surface area contributed by atoms with E-state index in [1.165, 1.54) is 6.07 Å². The number of primary amides is 1. The van der Waals surface area contributed by atoms with Crippen molar-refractivity contribution in [3.8, 4) is 5.75 Å². The van der Waals surface area contributed by atoms with Crippen molar-refractivity contribution in [3.63, 3.8) is 0 Å². The second-order valence-corrected chi connectivity index (χ2v) is 6.21. The number of nitrogens with one attached hydrogen (secondary N) is 1. The van der Waals surface area contributed by atoms with Crippen molar-refractivity contribution < 1.29 is 18.3 Å². The number of benzene rings is 2. The standard InChI is InChI=1S/C19H20F2N2O2/c1-11(19(22)24)23-15-8-6-12-7-9-16(18(21)17(12)15)25-10-13-4-2-3-5-14(13)20/h2-5,7,9,11,15,23H,6,8,10H2,1H3,(H2,22,24)/t11-,15+/m1/s1. The second kappa shape index (κ2) is 7.19. The second-order valence-electron chi connectivity index (χ2n) is 6.21. The van der Waals surface area contributed by atoms with Gasteiger partial charge in [-0.1, -0.05) is 24.3 Å². The summed E-state index contributed by atoms with van der Waals surface area (Å²) in [5, 5.41) is 3.06. The smallest absolute Gasteiger partial charge is 0.234 e. The van der Waals surface area contributed by atoms with E-state index in [4.69, 9.17) is 10.5 Å². The third-order valence-corrected chi connectivity index (χ3v) is 4.50. The summed E-state index contributed by atoms with van der Waals surface area (Å²) in [5.41, 5.74) is 7.01. The van der Waals surface area contributed by atoms with Gasteiger partial charge in [-0.25, -0.2) is 8.78 Å². The van der Waals surface area contributed by atoms with Crippen LogP contribution in [-0.4, -0.2) is 11.9 Å². The number of halogens is 2. The minimum atomic E-state index is -0.557. The first-order valence-electron chi connectivity index (χ1n) is 8.20. The Labute approximate surface area is 145 Å². The molecular formula is C19H20F2N2O2. The maximum absolute atomic E-state index is 14.9. The lowest BCUT2D eigenvalue weighted by Gasteiger charge is -2.19. The molecule has 1 aliphatic rings. The van der Waals surface area contributed by atoms with Gasteiger partial charge in [0, 0.05) is 17.2 Å². The molecule has 0 spiro atoms. The van der Waals surface area contributed by atoms with E-state index in [9.17, 15) is 13.6 Å². The molecule has 4 nitrogen and oxygen atoms in total. The highest BCUT2D eigenvalue weighted by atomic mass is 19.1. The minimum absolute atomic E-state index is 0.0574. The molecule has 0 radical (unpaired) electrons. The molecule has 25 heavy (non-hydrogen) atoms. The number of ether oxygens (including phenoxy) is 1. The number of aryl methyl sites for hydroxylation is 1. The molecular weight excluding hydrogens is 326 g/mol. The molecule has 1 amide bonds. The summed E-state index contributed by atoms with van der Waals surface area (Å²) in [6.07, 6.45) is 1.39. The molecule has 0 fully saturated rings. The van der Waals surface area contributed by atoms with Crippen molar-refractivity contribution in [1.29, 1.82) is 0 Å². The van der Waals surface area contributed by atoms with Crippen molar-refractivity contribution >= 4 is 5.91 Å². The van der Waals surface area contributed by atoms with Gasteiger partial charge in [-0.3, -0.25) is 10.1 Å². The SMILES string of the molecule is C[C@@H](N[C@H]1CCc2ccc(OCc3ccccc3F)c(F)c21)C(N)=O. The van der Waals surface area contributed by atoms with Crippen molar-refractivity contribution in [2.24, 2.45) is 5.73 Å². The average molecular weight is 346 g/mol. The van der Waals surface area contributed by atoms with E-state index < -0.39 is 17.8 Å². The summed E-state index contributed by atoms with van der Waals surface area (Å²) in [7, 11) is 0. The van der Waals surface area contributed by atoms with E-state index >= 15 is 0 Å². The molecule has 2 aromatic rings. The van der Waals surface area contributed by atoms with Crippen LogP contribution in [0.15, 0.2) is 36.4 Å². The average Bonchev–Trinajstić information content (AvgIpc) is 2.99. The normalized spacial score (nSPS) is 17.2. The number of nitrogens with two attached hydrogens (primary N) is 1. The van der Waals surface area contributed by atoms with Crippen molar-refractivity contribution in [2.75, 3.05) is 0 Å². The molecule has 0 aromatic heterocycles. The zero-order chi connectivity index (χ0) is 18.0. The third kappa shape index (κ3) is 3.64. The van der Waals surface area contributed by atoms with Crippen LogP contribution in [0.25, 0.3) is 0 Å². The van der Waals surface area contributed by atoms with Gasteiger partial charge in [-0.2, -0.15) is 0 Å². The summed E-state index contributed by atoms with van der Waals surface area (Å²) < 4.78 is 34.1. The Morgan fingerprint density at radius 1 is 1.32 bits per heavy atom. The van der Waals surface area contributed by atoms with Crippen LogP contribution in [0.3, 0.4) is 0 Å². The summed E-state index contributed by atoms with van der Waals surface area (Å²) in [6, 6.07) is 8.74. The molecule has 1 aliphatic carbocycles. The number of hydrogen-bond donors (Lipinski definition) is 2. The number of fused-ring (bicyclic) bond motifs is 1. The van der Waals surface area contributed by atoms with Crippen molar-refractivity contribution in [1.82, 2.24) is 5.32 Å². The predicted molar refractivity (Wildman–Crippen MR) is 90.0 cm³/mol. The van der Waals surface area contributed by atoms with Crippen LogP contribution in [-0.2, 0) is 17.8 Å². The molecule has 0 saturated heterocycles. The quantitative estimate of drug-likeness (QED) is 0.845. The molecule has 132 valence electrons. The zero-order valence-electron chi connectivity index (χ0n) is 13.9. The highest BCUT2D eigenvalue weighted by Crippen LogP contribution is 2.37. The van der Waals surface area contributed by atoms with Gasteiger partial charge in [0.25, 0.3) is 0 Å². The Hall–Kier alpha value is -2.47. The first-order chi connectivity index (χ1) is 12.0. The van der Waals surface area contributed by atoms with Crippen molar-refractivity contribution in [3.05, 3.63) is 64.7 Å². The van der Waals surface area contributed by atoms with Gasteiger partial charge in [0.15, 0.2) is 11.6 Å². The Kier molecular flexibility index (Phi) is 4.99. The molecule has 2 atom stereocenters. The van der Waals surface area contributed by atoms with Crippen LogP contribution in [0.1, 0.15) is 36.1 Å². The zero-order valence-corrected chi connectivity index (χ0v) is 13.9.